The van der Waals surface area contributed by atoms with Gasteiger partial charge < -0.3 is 24.4 Å². The molecule has 0 radical (unpaired) electrons. The van der Waals surface area contributed by atoms with E-state index in [1.54, 1.807) is 12.0 Å². The first-order valence-electron chi connectivity index (χ1n) is 11.9. The molecule has 1 saturated heterocycles. The number of hydrogen-bond donors (Lipinski definition) is 1. The summed E-state index contributed by atoms with van der Waals surface area (Å²) in [7, 11) is 1.76. The first kappa shape index (κ1) is 28.7. The number of para-hydroxylation sites is 1. The molecule has 1 amide bonds. The zero-order chi connectivity index (χ0) is 25.8. The number of aliphatic carboxylic acids is 1. The number of unbranched alkanes of at least 4 members (excludes halogenated alkanes) is 1. The van der Waals surface area contributed by atoms with E-state index in [2.05, 4.69) is 4.90 Å². The number of anilines is 1. The average Bonchev–Trinajstić information content (AvgIpc) is 2.94. The highest BCUT2D eigenvalue weighted by Gasteiger charge is 2.29. The van der Waals surface area contributed by atoms with Gasteiger partial charge in [0.1, 0.15) is 5.97 Å². The number of methoxy groups -OCH3 is 1. The number of nitrogens with one attached hydrogen (secondary N) is 1. The first-order chi connectivity index (χ1) is 16.6. The number of piperazine rings is 1. The molecule has 2 aliphatic heterocycles. The fourth-order valence-corrected chi connectivity index (χ4v) is 4.23. The van der Waals surface area contributed by atoms with E-state index in [9.17, 15) is 22.8 Å². The molecule has 0 aromatic heterocycles. The van der Waals surface area contributed by atoms with Crippen LogP contribution >= 0.6 is 0 Å². The van der Waals surface area contributed by atoms with Crippen LogP contribution in [0.25, 0.3) is 0 Å². The summed E-state index contributed by atoms with van der Waals surface area (Å²) in [5.41, 5.74) is 1.50. The maximum Gasteiger partial charge on any atom is 0.430 e. The predicted octanol–water partition coefficient (Wildman–Crippen LogP) is 0.312. The van der Waals surface area contributed by atoms with Gasteiger partial charge >= 0.3 is 6.18 Å². The molecular weight excluding hydrogens is 467 g/mol. The quantitative estimate of drug-likeness (QED) is 0.490. The highest BCUT2D eigenvalue weighted by Crippen LogP contribution is 2.27. The third-order valence-corrected chi connectivity index (χ3v) is 6.14. The van der Waals surface area contributed by atoms with Crippen LogP contribution in [0.1, 0.15) is 42.5 Å². The van der Waals surface area contributed by atoms with Crippen LogP contribution in [0.4, 0.5) is 18.9 Å². The molecule has 0 spiro atoms. The maximum absolute atomic E-state index is 12.5. The number of alkyl halides is 3. The number of fused-ring (bicyclic) bond motifs is 1. The van der Waals surface area contributed by atoms with Crippen molar-refractivity contribution in [1.29, 1.82) is 0 Å². The van der Waals surface area contributed by atoms with E-state index in [4.69, 9.17) is 14.6 Å². The molecule has 0 bridgehead atoms. The van der Waals surface area contributed by atoms with E-state index in [0.29, 0.717) is 24.9 Å². The second-order valence-corrected chi connectivity index (χ2v) is 8.67. The van der Waals surface area contributed by atoms with Crippen molar-refractivity contribution in [3.8, 4) is 0 Å². The number of rotatable bonds is 9. The number of benzene rings is 1. The third-order valence-electron chi connectivity index (χ3n) is 6.14. The number of amides is 1. The number of carbonyl (C=O) groups excluding carboxylic acids is 3. The van der Waals surface area contributed by atoms with Crippen molar-refractivity contribution in [3.63, 3.8) is 0 Å². The van der Waals surface area contributed by atoms with Crippen molar-refractivity contribution >= 4 is 23.3 Å². The number of carboxylic acids is 1. The standard InChI is InChI=1S/C22H33N3O3.C2HF3O2/c1-28-18-6-12-24-16-14-23(15-17-24)11-4-5-13-25-20-8-3-2-7-19(20)21(26)9-10-22(25)27;3-2(4,5)1(6)7/h2-3,7-8H,4-6,9-18H2,1H3;(H,6,7). The lowest BCUT2D eigenvalue weighted by Crippen LogP contribution is -3.14. The molecule has 0 aliphatic carbocycles. The van der Waals surface area contributed by atoms with E-state index < -0.39 is 12.1 Å². The summed E-state index contributed by atoms with van der Waals surface area (Å²) in [5.74, 6) is -2.85. The lowest BCUT2D eigenvalue weighted by Gasteiger charge is -2.32. The summed E-state index contributed by atoms with van der Waals surface area (Å²) >= 11 is 0. The molecule has 0 saturated carbocycles. The van der Waals surface area contributed by atoms with Gasteiger partial charge in [-0.15, -0.1) is 0 Å². The van der Waals surface area contributed by atoms with Crippen molar-refractivity contribution in [3.05, 3.63) is 29.8 Å². The van der Waals surface area contributed by atoms with Crippen molar-refractivity contribution in [1.82, 2.24) is 4.90 Å². The number of nitrogens with zero attached hydrogens (tertiary/aromatic N) is 2. The maximum atomic E-state index is 12.5. The van der Waals surface area contributed by atoms with Crippen LogP contribution in [0.2, 0.25) is 0 Å². The smallest absolute Gasteiger partial charge is 0.430 e. The summed E-state index contributed by atoms with van der Waals surface area (Å²) in [6, 6.07) is 7.54. The highest BCUT2D eigenvalue weighted by molar-refractivity contribution is 6.10. The monoisotopic (exact) mass is 501 g/mol. The Morgan fingerprint density at radius 3 is 2.34 bits per heavy atom. The number of hydrogen-bond acceptors (Lipinski definition) is 6. The molecule has 0 atom stereocenters. The molecule has 1 aromatic rings. The number of carboxylic acid groups (broad SMARTS) is 1. The van der Waals surface area contributed by atoms with Crippen LogP contribution in [-0.4, -0.2) is 88.3 Å². The topological polar surface area (TPSA) is 94.4 Å². The van der Waals surface area contributed by atoms with E-state index >= 15 is 0 Å². The molecular formula is C24H34F3N3O5. The Kier molecular flexibility index (Phi) is 11.6. The molecule has 2 heterocycles. The minimum absolute atomic E-state index is 0.0790. The number of carbonyl (C=O) groups is 3. The molecule has 1 aromatic carbocycles. The van der Waals surface area contributed by atoms with Crippen LogP contribution in [0.3, 0.4) is 0 Å². The molecule has 1 N–H and O–H groups in total. The average molecular weight is 502 g/mol. The summed E-state index contributed by atoms with van der Waals surface area (Å²) in [6.45, 7) is 8.58. The van der Waals surface area contributed by atoms with Crippen LogP contribution < -0.4 is 14.9 Å². The second-order valence-electron chi connectivity index (χ2n) is 8.67. The van der Waals surface area contributed by atoms with Crippen LogP contribution in [0, 0.1) is 0 Å². The normalized spacial score (nSPS) is 17.4. The number of Topliss-reactive ketones (excluding diaryl/α,β-unsaturated/α-hetero) is 1. The minimum atomic E-state index is -5.19. The number of ether oxygens (including phenoxy) is 1. The fourth-order valence-electron chi connectivity index (χ4n) is 4.23. The highest BCUT2D eigenvalue weighted by atomic mass is 19.4. The minimum Gasteiger partial charge on any atom is -0.542 e. The van der Waals surface area contributed by atoms with Gasteiger partial charge in [-0.2, -0.15) is 13.2 Å². The van der Waals surface area contributed by atoms with E-state index in [1.165, 1.54) is 26.2 Å². The van der Waals surface area contributed by atoms with Gasteiger partial charge in [-0.3, -0.25) is 14.5 Å². The Morgan fingerprint density at radius 1 is 1.06 bits per heavy atom. The number of quaternary nitrogens is 1. The number of ketones is 1. The largest absolute Gasteiger partial charge is 0.542 e. The fraction of sp³-hybridized carbons (Fsp3) is 0.625. The number of halogens is 3. The Hall–Kier alpha value is -2.50. The van der Waals surface area contributed by atoms with Crippen LogP contribution in [-0.2, 0) is 14.3 Å². The predicted molar refractivity (Wildman–Crippen MR) is 121 cm³/mol. The molecule has 3 rings (SSSR count). The van der Waals surface area contributed by atoms with Gasteiger partial charge in [0.25, 0.3) is 0 Å². The molecule has 196 valence electrons. The van der Waals surface area contributed by atoms with Crippen molar-refractivity contribution < 1.29 is 42.3 Å². The van der Waals surface area contributed by atoms with E-state index in [0.717, 1.165) is 44.6 Å². The third kappa shape index (κ3) is 9.58. The summed E-state index contributed by atoms with van der Waals surface area (Å²) in [4.78, 5) is 39.6. The van der Waals surface area contributed by atoms with Gasteiger partial charge in [-0.25, -0.2) is 0 Å². The SMILES string of the molecule is COCCCN1CC[NH+](CCCCN2C(=O)CCC(=O)c3ccccc32)CC1.O=C([O-])C(F)(F)F. The Labute approximate surface area is 203 Å². The Morgan fingerprint density at radius 2 is 1.71 bits per heavy atom. The molecule has 2 aliphatic rings. The van der Waals surface area contributed by atoms with Gasteiger partial charge in [-0.05, 0) is 31.4 Å². The second kappa shape index (κ2) is 14.2. The molecule has 11 heteroatoms. The summed E-state index contributed by atoms with van der Waals surface area (Å²) in [6.07, 6.45) is -1.34. The zero-order valence-electron chi connectivity index (χ0n) is 20.1. The zero-order valence-corrected chi connectivity index (χ0v) is 20.1. The first-order valence-corrected chi connectivity index (χ1v) is 11.9. The van der Waals surface area contributed by atoms with Crippen LogP contribution in [0.5, 0.6) is 0 Å². The van der Waals surface area contributed by atoms with Crippen molar-refractivity contribution in [2.24, 2.45) is 0 Å². The van der Waals surface area contributed by atoms with Gasteiger partial charge in [0, 0.05) is 58.3 Å². The van der Waals surface area contributed by atoms with Crippen LogP contribution in [0.15, 0.2) is 24.3 Å². The van der Waals surface area contributed by atoms with E-state index in [1.807, 2.05) is 29.2 Å². The molecule has 35 heavy (non-hydrogen) atoms. The van der Waals surface area contributed by atoms with E-state index in [-0.39, 0.29) is 11.7 Å². The Bertz CT molecular complexity index is 842. The summed E-state index contributed by atoms with van der Waals surface area (Å²) in [5, 5.41) is 8.78. The molecule has 8 nitrogen and oxygen atoms in total. The summed E-state index contributed by atoms with van der Waals surface area (Å²) < 4.78 is 36.7. The van der Waals surface area contributed by atoms with Gasteiger partial charge in [0.05, 0.1) is 25.3 Å². The van der Waals surface area contributed by atoms with Gasteiger partial charge in [0.2, 0.25) is 5.91 Å². The Balaban J connectivity index is 0.000000540. The van der Waals surface area contributed by atoms with Crippen molar-refractivity contribution in [2.75, 3.05) is 64.4 Å². The molecule has 1 fully saturated rings. The van der Waals surface area contributed by atoms with Gasteiger partial charge in [0.15, 0.2) is 5.78 Å². The lowest BCUT2D eigenvalue weighted by molar-refractivity contribution is -0.904. The van der Waals surface area contributed by atoms with Gasteiger partial charge in [-0.1, -0.05) is 12.1 Å². The molecule has 0 unspecified atom stereocenters. The lowest BCUT2D eigenvalue weighted by atomic mass is 10.1. The van der Waals surface area contributed by atoms with Crippen molar-refractivity contribution in [2.45, 2.75) is 38.3 Å².